The van der Waals surface area contributed by atoms with Gasteiger partial charge in [-0.2, -0.15) is 0 Å². The van der Waals surface area contributed by atoms with E-state index in [0.717, 1.165) is 18.4 Å². The Bertz CT molecular complexity index is 654. The number of carbonyl (C=O) groups is 1. The van der Waals surface area contributed by atoms with E-state index in [4.69, 9.17) is 0 Å². The van der Waals surface area contributed by atoms with Gasteiger partial charge in [-0.3, -0.25) is 4.79 Å². The average Bonchev–Trinajstić information content (AvgIpc) is 2.47. The minimum Gasteiger partial charge on any atom is -0.354 e. The first-order valence-corrected chi connectivity index (χ1v) is 9.96. The fraction of sp³-hybridized carbons (Fsp3) is 0.611. The third kappa shape index (κ3) is 7.01. The van der Waals surface area contributed by atoms with Crippen LogP contribution in [-0.4, -0.2) is 26.9 Å². The lowest BCUT2D eigenvalue weighted by Crippen LogP contribution is -2.35. The summed E-state index contributed by atoms with van der Waals surface area (Å²) in [5, 5.41) is 2.91. The van der Waals surface area contributed by atoms with Crippen molar-refractivity contribution < 1.29 is 13.2 Å². The van der Waals surface area contributed by atoms with E-state index in [1.807, 2.05) is 19.9 Å². The second-order valence-corrected chi connectivity index (χ2v) is 8.59. The summed E-state index contributed by atoms with van der Waals surface area (Å²) < 4.78 is 27.2. The monoisotopic (exact) mass is 354 g/mol. The molecular formula is C18H30N2O3S. The van der Waals surface area contributed by atoms with E-state index in [1.165, 1.54) is 0 Å². The van der Waals surface area contributed by atoms with Gasteiger partial charge in [-0.05, 0) is 56.7 Å². The van der Waals surface area contributed by atoms with Crippen LogP contribution in [-0.2, 0) is 14.8 Å². The van der Waals surface area contributed by atoms with Crippen LogP contribution in [0.25, 0.3) is 0 Å². The Hall–Kier alpha value is -1.40. The first kappa shape index (κ1) is 20.6. The molecule has 0 saturated heterocycles. The fourth-order valence-electron chi connectivity index (χ4n) is 2.38. The Morgan fingerprint density at radius 2 is 1.79 bits per heavy atom. The summed E-state index contributed by atoms with van der Waals surface area (Å²) in [5.74, 6) is 0.476. The number of amides is 1. The molecule has 24 heavy (non-hydrogen) atoms. The summed E-state index contributed by atoms with van der Waals surface area (Å²) in [4.78, 5) is 12.2. The molecule has 1 rings (SSSR count). The zero-order valence-electron chi connectivity index (χ0n) is 15.3. The molecule has 0 aliphatic heterocycles. The van der Waals surface area contributed by atoms with E-state index in [2.05, 4.69) is 23.9 Å². The second-order valence-electron chi connectivity index (χ2n) is 6.86. The van der Waals surface area contributed by atoms with Gasteiger partial charge in [0.25, 0.3) is 0 Å². The number of benzene rings is 1. The molecule has 0 fully saturated rings. The predicted octanol–water partition coefficient (Wildman–Crippen LogP) is 2.91. The zero-order chi connectivity index (χ0) is 18.3. The molecule has 5 nitrogen and oxygen atoms in total. The SMILES string of the molecule is Cc1ccc(C)c(S(=O)(=O)NCCC(=O)NC(C)CCC(C)C)c1. The Labute approximate surface area is 146 Å². The summed E-state index contributed by atoms with van der Waals surface area (Å²) in [5.41, 5.74) is 1.58. The molecule has 1 aromatic carbocycles. The van der Waals surface area contributed by atoms with E-state index < -0.39 is 10.0 Å². The van der Waals surface area contributed by atoms with Gasteiger partial charge in [0, 0.05) is 19.0 Å². The number of nitrogens with one attached hydrogen (secondary N) is 2. The standard InChI is InChI=1S/C18H30N2O3S/c1-13(2)6-9-16(5)20-18(21)10-11-19-24(22,23)17-12-14(3)7-8-15(17)4/h7-8,12-13,16,19H,6,9-11H2,1-5H3,(H,20,21). The van der Waals surface area contributed by atoms with Gasteiger partial charge in [-0.25, -0.2) is 13.1 Å². The van der Waals surface area contributed by atoms with Crippen LogP contribution in [0.4, 0.5) is 0 Å². The highest BCUT2D eigenvalue weighted by atomic mass is 32.2. The quantitative estimate of drug-likeness (QED) is 0.716. The molecule has 0 aliphatic rings. The van der Waals surface area contributed by atoms with Gasteiger partial charge in [-0.15, -0.1) is 0 Å². The van der Waals surface area contributed by atoms with Crippen LogP contribution >= 0.6 is 0 Å². The molecular weight excluding hydrogens is 324 g/mol. The highest BCUT2D eigenvalue weighted by Crippen LogP contribution is 2.16. The molecule has 1 unspecified atom stereocenters. The number of hydrogen-bond acceptors (Lipinski definition) is 3. The average molecular weight is 355 g/mol. The normalized spacial score (nSPS) is 13.1. The van der Waals surface area contributed by atoms with Gasteiger partial charge in [0.15, 0.2) is 0 Å². The topological polar surface area (TPSA) is 75.3 Å². The van der Waals surface area contributed by atoms with Crippen molar-refractivity contribution in [2.24, 2.45) is 5.92 Å². The van der Waals surface area contributed by atoms with E-state index in [9.17, 15) is 13.2 Å². The molecule has 1 atom stereocenters. The maximum Gasteiger partial charge on any atom is 0.240 e. The Morgan fingerprint density at radius 1 is 1.12 bits per heavy atom. The largest absolute Gasteiger partial charge is 0.354 e. The zero-order valence-corrected chi connectivity index (χ0v) is 16.2. The molecule has 0 bridgehead atoms. The van der Waals surface area contributed by atoms with Crippen molar-refractivity contribution in [3.63, 3.8) is 0 Å². The Morgan fingerprint density at radius 3 is 2.42 bits per heavy atom. The number of aryl methyl sites for hydroxylation is 2. The van der Waals surface area contributed by atoms with Crippen LogP contribution in [0.15, 0.2) is 23.1 Å². The molecule has 1 amide bonds. The summed E-state index contributed by atoms with van der Waals surface area (Å²) >= 11 is 0. The van der Waals surface area contributed by atoms with Crippen molar-refractivity contribution in [2.45, 2.75) is 64.8 Å². The van der Waals surface area contributed by atoms with Crippen LogP contribution < -0.4 is 10.0 Å². The van der Waals surface area contributed by atoms with E-state index in [0.29, 0.717) is 11.5 Å². The Balaban J connectivity index is 2.48. The maximum atomic E-state index is 12.3. The summed E-state index contributed by atoms with van der Waals surface area (Å²) in [6, 6.07) is 5.41. The first-order valence-electron chi connectivity index (χ1n) is 8.48. The maximum absolute atomic E-state index is 12.3. The van der Waals surface area contributed by atoms with Crippen LogP contribution in [0.5, 0.6) is 0 Å². The third-order valence-electron chi connectivity index (χ3n) is 3.86. The molecule has 2 N–H and O–H groups in total. The van der Waals surface area contributed by atoms with Crippen molar-refractivity contribution >= 4 is 15.9 Å². The molecule has 0 radical (unpaired) electrons. The molecule has 0 aromatic heterocycles. The van der Waals surface area contributed by atoms with Crippen LogP contribution in [0.3, 0.4) is 0 Å². The van der Waals surface area contributed by atoms with Crippen molar-refractivity contribution in [3.05, 3.63) is 29.3 Å². The van der Waals surface area contributed by atoms with E-state index in [-0.39, 0.29) is 29.8 Å². The van der Waals surface area contributed by atoms with Crippen molar-refractivity contribution in [1.82, 2.24) is 10.0 Å². The van der Waals surface area contributed by atoms with E-state index >= 15 is 0 Å². The highest BCUT2D eigenvalue weighted by Gasteiger charge is 2.17. The van der Waals surface area contributed by atoms with Crippen molar-refractivity contribution in [1.29, 1.82) is 0 Å². The van der Waals surface area contributed by atoms with E-state index in [1.54, 1.807) is 19.1 Å². The lowest BCUT2D eigenvalue weighted by molar-refractivity contribution is -0.121. The minimum atomic E-state index is -3.59. The molecule has 0 aliphatic carbocycles. The second kappa shape index (κ2) is 9.18. The summed E-state index contributed by atoms with van der Waals surface area (Å²) in [6.07, 6.45) is 2.12. The first-order chi connectivity index (χ1) is 11.1. The van der Waals surface area contributed by atoms with Gasteiger partial charge in [0.1, 0.15) is 0 Å². The van der Waals surface area contributed by atoms with Crippen LogP contribution in [0.1, 0.15) is 51.2 Å². The minimum absolute atomic E-state index is 0.0957. The fourth-order valence-corrected chi connectivity index (χ4v) is 3.74. The summed E-state index contributed by atoms with van der Waals surface area (Å²) in [7, 11) is -3.59. The predicted molar refractivity (Wildman–Crippen MR) is 97.4 cm³/mol. The van der Waals surface area contributed by atoms with Crippen molar-refractivity contribution in [2.75, 3.05) is 6.54 Å². The van der Waals surface area contributed by atoms with Gasteiger partial charge in [-0.1, -0.05) is 26.0 Å². The molecule has 136 valence electrons. The lowest BCUT2D eigenvalue weighted by atomic mass is 10.0. The van der Waals surface area contributed by atoms with Gasteiger partial charge >= 0.3 is 0 Å². The molecule has 0 saturated carbocycles. The van der Waals surface area contributed by atoms with Gasteiger partial charge < -0.3 is 5.32 Å². The lowest BCUT2D eigenvalue weighted by Gasteiger charge is -2.15. The van der Waals surface area contributed by atoms with Crippen LogP contribution in [0, 0.1) is 19.8 Å². The number of hydrogen-bond donors (Lipinski definition) is 2. The molecule has 0 spiro atoms. The number of sulfonamides is 1. The van der Waals surface area contributed by atoms with Crippen LogP contribution in [0.2, 0.25) is 0 Å². The third-order valence-corrected chi connectivity index (χ3v) is 5.46. The highest BCUT2D eigenvalue weighted by molar-refractivity contribution is 7.89. The molecule has 0 heterocycles. The Kier molecular flexibility index (Phi) is 7.90. The number of rotatable bonds is 9. The van der Waals surface area contributed by atoms with Gasteiger partial charge in [0.2, 0.25) is 15.9 Å². The van der Waals surface area contributed by atoms with Gasteiger partial charge in [0.05, 0.1) is 4.90 Å². The molecule has 1 aromatic rings. The summed E-state index contributed by atoms with van der Waals surface area (Å²) in [6.45, 7) is 9.98. The van der Waals surface area contributed by atoms with Crippen molar-refractivity contribution in [3.8, 4) is 0 Å². The number of carbonyl (C=O) groups excluding carboxylic acids is 1. The smallest absolute Gasteiger partial charge is 0.240 e. The molecule has 6 heteroatoms.